The van der Waals surface area contributed by atoms with Crippen LogP contribution in [0.3, 0.4) is 0 Å². The summed E-state index contributed by atoms with van der Waals surface area (Å²) in [6, 6.07) is 3.48. The van der Waals surface area contributed by atoms with Crippen LogP contribution < -0.4 is 0 Å². The number of hydrogen-bond acceptors (Lipinski definition) is 1. The third-order valence-corrected chi connectivity index (χ3v) is 3.84. The van der Waals surface area contributed by atoms with E-state index in [0.29, 0.717) is 22.0 Å². The van der Waals surface area contributed by atoms with E-state index in [1.807, 2.05) is 0 Å². The van der Waals surface area contributed by atoms with Crippen LogP contribution in [0.25, 0.3) is 0 Å². The van der Waals surface area contributed by atoms with Gasteiger partial charge in [-0.1, -0.05) is 37.0 Å². The molecular weight excluding hydrogens is 243 g/mol. The molecule has 0 radical (unpaired) electrons. The Morgan fingerprint density at radius 2 is 1.81 bits per heavy atom. The van der Waals surface area contributed by atoms with Gasteiger partial charge in [-0.25, -0.2) is 0 Å². The van der Waals surface area contributed by atoms with Crippen molar-refractivity contribution < 1.29 is 4.79 Å². The number of carbonyl (C=O) groups excluding carboxylic acids is 1. The lowest BCUT2D eigenvalue weighted by atomic mass is 9.84. The Morgan fingerprint density at radius 3 is 2.50 bits per heavy atom. The number of hydrogen-bond donors (Lipinski definition) is 0. The molecule has 2 rings (SSSR count). The zero-order valence-electron chi connectivity index (χ0n) is 9.44. The van der Waals surface area contributed by atoms with Crippen molar-refractivity contribution in [2.75, 3.05) is 0 Å². The van der Waals surface area contributed by atoms with Crippen LogP contribution in [0, 0.1) is 5.41 Å². The quantitative estimate of drug-likeness (QED) is 0.623. The Balaban J connectivity index is 2.57. The van der Waals surface area contributed by atoms with E-state index in [9.17, 15) is 4.79 Å². The summed E-state index contributed by atoms with van der Waals surface area (Å²) in [5.41, 5.74) is 1.59. The third-order valence-electron chi connectivity index (χ3n) is 3.17. The summed E-state index contributed by atoms with van der Waals surface area (Å²) < 4.78 is 0. The van der Waals surface area contributed by atoms with Gasteiger partial charge in [-0.05, 0) is 36.0 Å². The van der Waals surface area contributed by atoms with Crippen LogP contribution >= 0.6 is 23.2 Å². The number of halogens is 2. The van der Waals surface area contributed by atoms with Crippen LogP contribution in [-0.4, -0.2) is 5.78 Å². The highest BCUT2D eigenvalue weighted by molar-refractivity contribution is 6.36. The predicted octanol–water partition coefficient (Wildman–Crippen LogP) is 4.54. The average Bonchev–Trinajstić information content (AvgIpc) is 2.29. The zero-order valence-corrected chi connectivity index (χ0v) is 11.0. The standard InChI is InChI=1S/C13H14Cl2O/c1-13(2)6-5-8-9(14)3-4-10(15)12(8)11(16)7-13/h3-4H,5-7H2,1-2H3. The molecule has 0 saturated heterocycles. The maximum Gasteiger partial charge on any atom is 0.165 e. The van der Waals surface area contributed by atoms with Crippen molar-refractivity contribution in [2.24, 2.45) is 5.41 Å². The topological polar surface area (TPSA) is 17.1 Å². The van der Waals surface area contributed by atoms with Crippen molar-refractivity contribution >= 4 is 29.0 Å². The first-order valence-electron chi connectivity index (χ1n) is 5.41. The fourth-order valence-electron chi connectivity index (χ4n) is 2.21. The smallest absolute Gasteiger partial charge is 0.165 e. The highest BCUT2D eigenvalue weighted by Crippen LogP contribution is 2.38. The van der Waals surface area contributed by atoms with Crippen molar-refractivity contribution in [3.63, 3.8) is 0 Å². The molecular formula is C13H14Cl2O. The van der Waals surface area contributed by atoms with E-state index in [4.69, 9.17) is 23.2 Å². The van der Waals surface area contributed by atoms with E-state index >= 15 is 0 Å². The van der Waals surface area contributed by atoms with Gasteiger partial charge in [0.05, 0.1) is 5.02 Å². The summed E-state index contributed by atoms with van der Waals surface area (Å²) in [6.45, 7) is 4.22. The first-order chi connectivity index (χ1) is 7.41. The molecule has 0 unspecified atom stereocenters. The van der Waals surface area contributed by atoms with Crippen molar-refractivity contribution in [3.05, 3.63) is 33.3 Å². The summed E-state index contributed by atoms with van der Waals surface area (Å²) in [5.74, 6) is 0.116. The second-order valence-corrected chi connectivity index (χ2v) is 5.96. The van der Waals surface area contributed by atoms with Crippen LogP contribution in [0.5, 0.6) is 0 Å². The third kappa shape index (κ3) is 2.11. The van der Waals surface area contributed by atoms with Gasteiger partial charge in [0.1, 0.15) is 0 Å². The molecule has 0 atom stereocenters. The lowest BCUT2D eigenvalue weighted by Gasteiger charge is -2.20. The minimum Gasteiger partial charge on any atom is -0.294 e. The molecule has 0 N–H and O–H groups in total. The van der Waals surface area contributed by atoms with E-state index in [1.54, 1.807) is 12.1 Å². The van der Waals surface area contributed by atoms with E-state index in [0.717, 1.165) is 18.4 Å². The number of carbonyl (C=O) groups is 1. The number of fused-ring (bicyclic) bond motifs is 1. The van der Waals surface area contributed by atoms with Gasteiger partial charge in [-0.3, -0.25) is 4.79 Å². The van der Waals surface area contributed by atoms with E-state index < -0.39 is 0 Å². The molecule has 0 spiro atoms. The Labute approximate surface area is 106 Å². The SMILES string of the molecule is CC1(C)CCc2c(Cl)ccc(Cl)c2C(=O)C1. The molecule has 0 heterocycles. The molecule has 1 aliphatic carbocycles. The van der Waals surface area contributed by atoms with E-state index in [-0.39, 0.29) is 11.2 Å². The van der Waals surface area contributed by atoms with Crippen LogP contribution in [0.4, 0.5) is 0 Å². The van der Waals surface area contributed by atoms with Crippen LogP contribution in [0.2, 0.25) is 10.0 Å². The Kier molecular flexibility index (Phi) is 3.02. The van der Waals surface area contributed by atoms with E-state index in [2.05, 4.69) is 13.8 Å². The van der Waals surface area contributed by atoms with Crippen molar-refractivity contribution in [1.82, 2.24) is 0 Å². The van der Waals surface area contributed by atoms with Gasteiger partial charge in [0.15, 0.2) is 5.78 Å². The van der Waals surface area contributed by atoms with E-state index in [1.165, 1.54) is 0 Å². The largest absolute Gasteiger partial charge is 0.294 e. The molecule has 1 aromatic rings. The summed E-state index contributed by atoms with van der Waals surface area (Å²) in [6.07, 6.45) is 2.33. The molecule has 0 aromatic heterocycles. The first-order valence-corrected chi connectivity index (χ1v) is 6.16. The van der Waals surface area contributed by atoms with Crippen molar-refractivity contribution in [2.45, 2.75) is 33.1 Å². The first kappa shape index (κ1) is 11.9. The Bertz CT molecular complexity index is 449. The molecule has 0 aliphatic heterocycles. The molecule has 1 aliphatic rings. The Morgan fingerprint density at radius 1 is 1.19 bits per heavy atom. The number of rotatable bonds is 0. The molecule has 1 nitrogen and oxygen atoms in total. The minimum atomic E-state index is 0.0305. The fraction of sp³-hybridized carbons (Fsp3) is 0.462. The van der Waals surface area contributed by atoms with Crippen LogP contribution in [-0.2, 0) is 6.42 Å². The summed E-state index contributed by atoms with van der Waals surface area (Å²) in [4.78, 5) is 12.2. The summed E-state index contributed by atoms with van der Waals surface area (Å²) in [5, 5.41) is 1.19. The van der Waals surface area contributed by atoms with Gasteiger partial charge in [-0.15, -0.1) is 0 Å². The molecule has 16 heavy (non-hydrogen) atoms. The van der Waals surface area contributed by atoms with Crippen LogP contribution in [0.15, 0.2) is 12.1 Å². The molecule has 3 heteroatoms. The molecule has 0 fully saturated rings. The molecule has 1 aromatic carbocycles. The summed E-state index contributed by atoms with van der Waals surface area (Å²) in [7, 11) is 0. The van der Waals surface area contributed by atoms with Crippen molar-refractivity contribution in [3.8, 4) is 0 Å². The molecule has 86 valence electrons. The Hall–Kier alpha value is -0.530. The van der Waals surface area contributed by atoms with Gasteiger partial charge in [0, 0.05) is 17.0 Å². The maximum absolute atomic E-state index is 12.2. The van der Waals surface area contributed by atoms with Gasteiger partial charge in [-0.2, -0.15) is 0 Å². The lowest BCUT2D eigenvalue weighted by Crippen LogP contribution is -2.14. The minimum absolute atomic E-state index is 0.0305. The van der Waals surface area contributed by atoms with Gasteiger partial charge < -0.3 is 0 Å². The van der Waals surface area contributed by atoms with Gasteiger partial charge in [0.2, 0.25) is 0 Å². The predicted molar refractivity (Wildman–Crippen MR) is 67.5 cm³/mol. The average molecular weight is 257 g/mol. The van der Waals surface area contributed by atoms with Crippen molar-refractivity contribution in [1.29, 1.82) is 0 Å². The maximum atomic E-state index is 12.2. The number of ketones is 1. The molecule has 0 saturated carbocycles. The number of benzene rings is 1. The van der Waals surface area contributed by atoms with Gasteiger partial charge in [0.25, 0.3) is 0 Å². The van der Waals surface area contributed by atoms with Crippen LogP contribution in [0.1, 0.15) is 42.6 Å². The second-order valence-electron chi connectivity index (χ2n) is 5.15. The normalized spacial score (nSPS) is 19.1. The monoisotopic (exact) mass is 256 g/mol. The highest BCUT2D eigenvalue weighted by atomic mass is 35.5. The lowest BCUT2D eigenvalue weighted by molar-refractivity contribution is 0.0934. The van der Waals surface area contributed by atoms with Gasteiger partial charge >= 0.3 is 0 Å². The zero-order chi connectivity index (χ0) is 11.9. The fourth-order valence-corrected chi connectivity index (χ4v) is 2.75. The molecule has 0 amide bonds. The molecule has 0 bridgehead atoms. The second kappa shape index (κ2) is 4.05. The number of Topliss-reactive ketones (excluding diaryl/α,β-unsaturated/α-hetero) is 1. The summed E-state index contributed by atoms with van der Waals surface area (Å²) >= 11 is 12.2. The highest BCUT2D eigenvalue weighted by Gasteiger charge is 2.30.